The van der Waals surface area contributed by atoms with Gasteiger partial charge in [0.2, 0.25) is 0 Å². The monoisotopic (exact) mass is 160 g/mol. The molecule has 1 nitrogen and oxygen atoms in total. The summed E-state index contributed by atoms with van der Waals surface area (Å²) in [4.78, 5) is 2.44. The minimum absolute atomic E-state index is 1.22. The van der Waals surface area contributed by atoms with Gasteiger partial charge in [-0.1, -0.05) is 0 Å². The Morgan fingerprint density at radius 2 is 2.00 bits per heavy atom. The van der Waals surface area contributed by atoms with Crippen LogP contribution in [0, 0.1) is 6.08 Å². The first-order valence-electron chi connectivity index (χ1n) is 4.68. The lowest BCUT2D eigenvalue weighted by Gasteiger charge is -2.25. The fourth-order valence-corrected chi connectivity index (χ4v) is 1.73. The quantitative estimate of drug-likeness (QED) is 0.532. The molecule has 0 saturated carbocycles. The number of nitrogens with zero attached hydrogens (tertiary/aromatic N) is 1. The molecule has 1 heterocycles. The average molecular weight is 160 g/mol. The van der Waals surface area contributed by atoms with Crippen molar-refractivity contribution in [2.75, 3.05) is 13.1 Å². The van der Waals surface area contributed by atoms with Crippen LogP contribution in [-0.2, 0) is 0 Å². The summed E-state index contributed by atoms with van der Waals surface area (Å²) in [5.74, 6) is 0. The second-order valence-electron chi connectivity index (χ2n) is 3.31. The van der Waals surface area contributed by atoms with Gasteiger partial charge in [-0.25, -0.2) is 0 Å². The Morgan fingerprint density at radius 1 is 1.17 bits per heavy atom. The predicted octanol–water partition coefficient (Wildman–Crippen LogP) is 2.29. The van der Waals surface area contributed by atoms with Crippen LogP contribution in [0.3, 0.4) is 0 Å². The maximum Gasteiger partial charge on any atom is 0.149 e. The molecule has 0 N–H and O–H groups in total. The molecule has 0 bridgehead atoms. The highest BCUT2D eigenvalue weighted by molar-refractivity contribution is 5.28. The van der Waals surface area contributed by atoms with Crippen LogP contribution >= 0.6 is 0 Å². The smallest absolute Gasteiger partial charge is 0.149 e. The maximum absolute atomic E-state index is 3.12. The van der Waals surface area contributed by atoms with Crippen LogP contribution in [0.1, 0.15) is 19.3 Å². The molecule has 0 amide bonds. The lowest BCUT2D eigenvalue weighted by atomic mass is 10.1. The van der Waals surface area contributed by atoms with E-state index in [2.05, 4.69) is 29.2 Å². The molecule has 0 aromatic rings. The molecule has 12 heavy (non-hydrogen) atoms. The van der Waals surface area contributed by atoms with Gasteiger partial charge in [0.15, 0.2) is 0 Å². The molecule has 1 aliphatic heterocycles. The number of rotatable bonds is 1. The van der Waals surface area contributed by atoms with E-state index in [1.165, 1.54) is 38.0 Å². The van der Waals surface area contributed by atoms with Gasteiger partial charge in [-0.2, -0.15) is 0 Å². The van der Waals surface area contributed by atoms with Crippen LogP contribution in [0.5, 0.6) is 0 Å². The molecule has 0 atom stereocenters. The van der Waals surface area contributed by atoms with Crippen molar-refractivity contribution in [1.29, 1.82) is 0 Å². The van der Waals surface area contributed by atoms with E-state index in [4.69, 9.17) is 0 Å². The van der Waals surface area contributed by atoms with Crippen molar-refractivity contribution in [2.24, 2.45) is 0 Å². The summed E-state index contributed by atoms with van der Waals surface area (Å²) in [6.07, 6.45) is 15.5. The molecular formula is C11H14N+. The Morgan fingerprint density at radius 3 is 2.67 bits per heavy atom. The molecule has 2 rings (SSSR count). The normalized spacial score (nSPS) is 22.0. The lowest BCUT2D eigenvalue weighted by molar-refractivity contribution is 0.293. The Bertz CT molecular complexity index is 229. The van der Waals surface area contributed by atoms with E-state index in [0.717, 1.165) is 0 Å². The molecule has 0 aromatic carbocycles. The van der Waals surface area contributed by atoms with Crippen LogP contribution in [0.15, 0.2) is 30.0 Å². The fraction of sp³-hybridized carbons (Fsp3) is 0.455. The summed E-state index contributed by atoms with van der Waals surface area (Å²) in [6, 6.07) is 0. The van der Waals surface area contributed by atoms with Gasteiger partial charge in [0.25, 0.3) is 0 Å². The Labute approximate surface area is 74.1 Å². The molecule has 0 radical (unpaired) electrons. The van der Waals surface area contributed by atoms with Gasteiger partial charge in [-0.3, -0.25) is 0 Å². The summed E-state index contributed by atoms with van der Waals surface area (Å²) >= 11 is 0. The molecule has 0 unspecified atom stereocenters. The highest BCUT2D eigenvalue weighted by atomic mass is 15.1. The predicted molar refractivity (Wildman–Crippen MR) is 50.5 cm³/mol. The molecule has 1 heteroatoms. The fourth-order valence-electron chi connectivity index (χ4n) is 1.73. The van der Waals surface area contributed by atoms with E-state index in [-0.39, 0.29) is 0 Å². The minimum atomic E-state index is 1.22. The maximum atomic E-state index is 3.12. The van der Waals surface area contributed by atoms with Crippen molar-refractivity contribution in [3.63, 3.8) is 0 Å². The van der Waals surface area contributed by atoms with E-state index >= 15 is 0 Å². The summed E-state index contributed by atoms with van der Waals surface area (Å²) in [5.41, 5.74) is 1.33. The molecule has 62 valence electrons. The molecule has 1 fully saturated rings. The number of hydrogen-bond donors (Lipinski definition) is 0. The van der Waals surface area contributed by atoms with E-state index in [0.29, 0.717) is 0 Å². The van der Waals surface area contributed by atoms with E-state index < -0.39 is 0 Å². The minimum Gasteiger partial charge on any atom is -0.320 e. The van der Waals surface area contributed by atoms with Gasteiger partial charge in [-0.05, 0) is 19.3 Å². The lowest BCUT2D eigenvalue weighted by Crippen LogP contribution is -2.28. The number of allylic oxidation sites excluding steroid dienone is 5. The standard InChI is InChI=1S/C11H14N/c1-3-7-11(8-4-1)12-9-5-2-6-10-12/h1,3,7-8H,2,5-6,9-10H2/q+1. The highest BCUT2D eigenvalue weighted by Gasteiger charge is 2.16. The molecule has 2 aliphatic rings. The number of likely N-dealkylation sites (tertiary alicyclic amines) is 1. The van der Waals surface area contributed by atoms with Gasteiger partial charge in [0.1, 0.15) is 17.8 Å². The third-order valence-electron chi connectivity index (χ3n) is 2.41. The molecule has 1 aliphatic carbocycles. The van der Waals surface area contributed by atoms with Crippen molar-refractivity contribution in [2.45, 2.75) is 19.3 Å². The van der Waals surface area contributed by atoms with E-state index in [1.807, 2.05) is 6.08 Å². The SMILES string of the molecule is [C+]1=CC(N2CCCCC2)=CC=C1. The van der Waals surface area contributed by atoms with Gasteiger partial charge < -0.3 is 4.90 Å². The van der Waals surface area contributed by atoms with Crippen molar-refractivity contribution < 1.29 is 0 Å². The Kier molecular flexibility index (Phi) is 2.24. The highest BCUT2D eigenvalue weighted by Crippen LogP contribution is 2.16. The van der Waals surface area contributed by atoms with Crippen molar-refractivity contribution >= 4 is 0 Å². The number of piperidine rings is 1. The van der Waals surface area contributed by atoms with Gasteiger partial charge in [0.05, 0.1) is 6.08 Å². The zero-order chi connectivity index (χ0) is 8.23. The Hall–Kier alpha value is -1.07. The second-order valence-corrected chi connectivity index (χ2v) is 3.31. The van der Waals surface area contributed by atoms with Crippen molar-refractivity contribution in [1.82, 2.24) is 4.90 Å². The molecule has 0 aromatic heterocycles. The van der Waals surface area contributed by atoms with Gasteiger partial charge in [0, 0.05) is 25.2 Å². The first-order valence-corrected chi connectivity index (χ1v) is 4.68. The van der Waals surface area contributed by atoms with Crippen LogP contribution in [0.4, 0.5) is 0 Å². The van der Waals surface area contributed by atoms with Gasteiger partial charge in [-0.15, -0.1) is 0 Å². The summed E-state index contributed by atoms with van der Waals surface area (Å²) in [7, 11) is 0. The van der Waals surface area contributed by atoms with Crippen LogP contribution in [-0.4, -0.2) is 18.0 Å². The summed E-state index contributed by atoms with van der Waals surface area (Å²) in [5, 5.41) is 0. The average Bonchev–Trinajstić information content (AvgIpc) is 2.21. The van der Waals surface area contributed by atoms with E-state index in [9.17, 15) is 0 Å². The summed E-state index contributed by atoms with van der Waals surface area (Å²) < 4.78 is 0. The van der Waals surface area contributed by atoms with E-state index in [1.54, 1.807) is 0 Å². The zero-order valence-corrected chi connectivity index (χ0v) is 7.29. The van der Waals surface area contributed by atoms with Gasteiger partial charge >= 0.3 is 0 Å². The number of hydrogen-bond acceptors (Lipinski definition) is 1. The third kappa shape index (κ3) is 1.57. The Balaban J connectivity index is 2.03. The topological polar surface area (TPSA) is 3.24 Å². The van der Waals surface area contributed by atoms with Crippen LogP contribution in [0.25, 0.3) is 0 Å². The molecular weight excluding hydrogens is 146 g/mol. The zero-order valence-electron chi connectivity index (χ0n) is 7.29. The first kappa shape index (κ1) is 7.57. The third-order valence-corrected chi connectivity index (χ3v) is 2.41. The molecule has 0 spiro atoms. The summed E-state index contributed by atoms with van der Waals surface area (Å²) in [6.45, 7) is 2.44. The largest absolute Gasteiger partial charge is 0.320 e. The van der Waals surface area contributed by atoms with Crippen molar-refractivity contribution in [3.8, 4) is 0 Å². The van der Waals surface area contributed by atoms with Crippen molar-refractivity contribution in [3.05, 3.63) is 36.1 Å². The van der Waals surface area contributed by atoms with Crippen LogP contribution in [0.2, 0.25) is 0 Å². The first-order chi connectivity index (χ1) is 5.97. The molecule has 1 saturated heterocycles. The van der Waals surface area contributed by atoms with Crippen LogP contribution < -0.4 is 0 Å². The second kappa shape index (κ2) is 3.55.